The van der Waals surface area contributed by atoms with Gasteiger partial charge in [-0.3, -0.25) is 9.59 Å². The molecule has 2 aromatic rings. The van der Waals surface area contributed by atoms with E-state index in [1.807, 2.05) is 24.3 Å². The van der Waals surface area contributed by atoms with E-state index in [0.29, 0.717) is 11.4 Å². The van der Waals surface area contributed by atoms with Gasteiger partial charge in [-0.2, -0.15) is 5.10 Å². The van der Waals surface area contributed by atoms with Gasteiger partial charge < -0.3 is 15.0 Å². The largest absolute Gasteiger partial charge is 0.497 e. The van der Waals surface area contributed by atoms with Gasteiger partial charge >= 0.3 is 0 Å². The van der Waals surface area contributed by atoms with E-state index in [-0.39, 0.29) is 6.42 Å². The van der Waals surface area contributed by atoms with Crippen LogP contribution in [0.2, 0.25) is 0 Å². The van der Waals surface area contributed by atoms with Crippen LogP contribution in [0, 0.1) is 0 Å². The Hall–Kier alpha value is -3.35. The van der Waals surface area contributed by atoms with Gasteiger partial charge in [0.2, 0.25) is 11.8 Å². The zero-order chi connectivity index (χ0) is 20.4. The first-order valence-corrected chi connectivity index (χ1v) is 9.16. The van der Waals surface area contributed by atoms with Crippen molar-refractivity contribution in [2.45, 2.75) is 20.3 Å². The summed E-state index contributed by atoms with van der Waals surface area (Å²) in [6, 6.07) is 14.8. The van der Waals surface area contributed by atoms with Crippen LogP contribution in [0.4, 0.5) is 11.4 Å². The van der Waals surface area contributed by atoms with E-state index in [9.17, 15) is 9.59 Å². The van der Waals surface area contributed by atoms with Gasteiger partial charge in [0.25, 0.3) is 0 Å². The number of hydrogen-bond donors (Lipinski definition) is 2. The smallest absolute Gasteiger partial charge is 0.249 e. The lowest BCUT2D eigenvalue weighted by Crippen LogP contribution is -2.24. The number of hydrogen-bond acceptors (Lipinski definition) is 5. The van der Waals surface area contributed by atoms with Crippen molar-refractivity contribution in [3.8, 4) is 5.75 Å². The van der Waals surface area contributed by atoms with Crippen LogP contribution in [0.5, 0.6) is 5.75 Å². The maximum absolute atomic E-state index is 11.9. The quantitative estimate of drug-likeness (QED) is 0.397. The van der Waals surface area contributed by atoms with Crippen molar-refractivity contribution in [2.75, 3.05) is 30.4 Å². The van der Waals surface area contributed by atoms with Crippen LogP contribution in [0.15, 0.2) is 53.6 Å². The van der Waals surface area contributed by atoms with E-state index in [1.54, 1.807) is 37.6 Å². The highest BCUT2D eigenvalue weighted by atomic mass is 16.5. The average Bonchev–Trinajstić information content (AvgIpc) is 2.70. The van der Waals surface area contributed by atoms with E-state index in [2.05, 4.69) is 34.6 Å². The molecule has 0 atom stereocenters. The molecule has 0 fully saturated rings. The zero-order valence-corrected chi connectivity index (χ0v) is 16.4. The zero-order valence-electron chi connectivity index (χ0n) is 16.4. The van der Waals surface area contributed by atoms with Crippen LogP contribution in [0.3, 0.4) is 0 Å². The standard InChI is InChI=1S/C21H26N4O3/c1-4-25(5-2)18-11-9-16(10-12-18)15-22-24-21(27)14-20(26)23-17-7-6-8-19(13-17)28-3/h6-13,15H,4-5,14H2,1-3H3,(H,23,26)(H,24,27). The number of methoxy groups -OCH3 is 1. The Labute approximate surface area is 165 Å². The maximum Gasteiger partial charge on any atom is 0.249 e. The molecule has 0 aromatic heterocycles. The van der Waals surface area contributed by atoms with E-state index < -0.39 is 11.8 Å². The van der Waals surface area contributed by atoms with Crippen molar-refractivity contribution >= 4 is 29.4 Å². The minimum atomic E-state index is -0.489. The normalized spacial score (nSPS) is 10.5. The molecular formula is C21H26N4O3. The molecule has 0 radical (unpaired) electrons. The monoisotopic (exact) mass is 382 g/mol. The molecule has 0 heterocycles. The van der Waals surface area contributed by atoms with Crippen molar-refractivity contribution in [2.24, 2.45) is 5.10 Å². The number of nitrogens with zero attached hydrogens (tertiary/aromatic N) is 2. The van der Waals surface area contributed by atoms with E-state index in [1.165, 1.54) is 0 Å². The summed E-state index contributed by atoms with van der Waals surface area (Å²) in [5, 5.41) is 6.55. The Kier molecular flexibility index (Phi) is 8.02. The second kappa shape index (κ2) is 10.7. The van der Waals surface area contributed by atoms with Gasteiger partial charge in [-0.15, -0.1) is 0 Å². The fourth-order valence-corrected chi connectivity index (χ4v) is 2.63. The van der Waals surface area contributed by atoms with Crippen LogP contribution in [-0.4, -0.2) is 38.2 Å². The molecule has 7 nitrogen and oxygen atoms in total. The summed E-state index contributed by atoms with van der Waals surface area (Å²) in [6.45, 7) is 6.10. The van der Waals surface area contributed by atoms with Crippen LogP contribution < -0.4 is 20.4 Å². The second-order valence-corrected chi connectivity index (χ2v) is 6.01. The highest BCUT2D eigenvalue weighted by Crippen LogP contribution is 2.17. The minimum absolute atomic E-state index is 0.324. The highest BCUT2D eigenvalue weighted by molar-refractivity contribution is 6.03. The Bertz CT molecular complexity index is 815. The topological polar surface area (TPSA) is 83.0 Å². The summed E-state index contributed by atoms with van der Waals surface area (Å²) in [6.07, 6.45) is 1.22. The third-order valence-electron chi connectivity index (χ3n) is 4.10. The van der Waals surface area contributed by atoms with Gasteiger partial charge in [0.15, 0.2) is 0 Å². The number of hydrazone groups is 1. The van der Waals surface area contributed by atoms with Gasteiger partial charge in [0.05, 0.1) is 13.3 Å². The molecule has 2 N–H and O–H groups in total. The van der Waals surface area contributed by atoms with Crippen molar-refractivity contribution in [3.63, 3.8) is 0 Å². The fraction of sp³-hybridized carbons (Fsp3) is 0.286. The molecule has 0 aliphatic rings. The van der Waals surface area contributed by atoms with Crippen LogP contribution in [0.1, 0.15) is 25.8 Å². The Morgan fingerprint density at radius 1 is 1.07 bits per heavy atom. The molecule has 0 spiro atoms. The van der Waals surface area contributed by atoms with Gasteiger partial charge in [-0.25, -0.2) is 5.43 Å². The maximum atomic E-state index is 11.9. The van der Waals surface area contributed by atoms with Gasteiger partial charge in [-0.1, -0.05) is 18.2 Å². The van der Waals surface area contributed by atoms with Crippen molar-refractivity contribution in [1.82, 2.24) is 5.43 Å². The van der Waals surface area contributed by atoms with Crippen LogP contribution >= 0.6 is 0 Å². The van der Waals surface area contributed by atoms with E-state index in [0.717, 1.165) is 24.3 Å². The van der Waals surface area contributed by atoms with E-state index >= 15 is 0 Å². The number of rotatable bonds is 9. The number of ether oxygens (including phenoxy) is 1. The molecule has 0 saturated heterocycles. The first-order valence-electron chi connectivity index (χ1n) is 9.16. The summed E-state index contributed by atoms with van der Waals surface area (Å²) in [4.78, 5) is 26.0. The fourth-order valence-electron chi connectivity index (χ4n) is 2.63. The average molecular weight is 382 g/mol. The first-order chi connectivity index (χ1) is 13.5. The van der Waals surface area contributed by atoms with Crippen LogP contribution in [-0.2, 0) is 9.59 Å². The number of carbonyl (C=O) groups excluding carboxylic acids is 2. The molecule has 0 unspecified atom stereocenters. The molecule has 0 saturated carbocycles. The number of nitrogens with one attached hydrogen (secondary N) is 2. The minimum Gasteiger partial charge on any atom is -0.497 e. The Morgan fingerprint density at radius 3 is 2.43 bits per heavy atom. The van der Waals surface area contributed by atoms with Crippen molar-refractivity contribution in [3.05, 3.63) is 54.1 Å². The Balaban J connectivity index is 1.81. The van der Waals surface area contributed by atoms with Gasteiger partial charge in [0, 0.05) is 30.5 Å². The molecule has 0 bridgehead atoms. The lowest BCUT2D eigenvalue weighted by atomic mass is 10.2. The van der Waals surface area contributed by atoms with Gasteiger partial charge in [-0.05, 0) is 43.7 Å². The van der Waals surface area contributed by atoms with Crippen molar-refractivity contribution in [1.29, 1.82) is 0 Å². The summed E-state index contributed by atoms with van der Waals surface area (Å²) < 4.78 is 5.09. The first kappa shape index (κ1) is 21.0. The summed E-state index contributed by atoms with van der Waals surface area (Å²) >= 11 is 0. The predicted molar refractivity (Wildman–Crippen MR) is 112 cm³/mol. The molecule has 28 heavy (non-hydrogen) atoms. The second-order valence-electron chi connectivity index (χ2n) is 6.01. The molecule has 0 aliphatic heterocycles. The van der Waals surface area contributed by atoms with Crippen molar-refractivity contribution < 1.29 is 14.3 Å². The molecule has 2 amide bonds. The van der Waals surface area contributed by atoms with E-state index in [4.69, 9.17) is 4.74 Å². The number of benzene rings is 2. The van der Waals surface area contributed by atoms with Crippen LogP contribution in [0.25, 0.3) is 0 Å². The predicted octanol–water partition coefficient (Wildman–Crippen LogP) is 3.02. The lowest BCUT2D eigenvalue weighted by molar-refractivity contribution is -0.126. The third kappa shape index (κ3) is 6.42. The molecule has 7 heteroatoms. The molecule has 2 rings (SSSR count). The molecular weight excluding hydrogens is 356 g/mol. The summed E-state index contributed by atoms with van der Waals surface area (Å²) in [7, 11) is 1.55. The molecule has 0 aliphatic carbocycles. The summed E-state index contributed by atoms with van der Waals surface area (Å²) in [5.41, 5.74) is 4.93. The number of carbonyl (C=O) groups is 2. The SMILES string of the molecule is CCN(CC)c1ccc(C=NNC(=O)CC(=O)Nc2cccc(OC)c2)cc1. The lowest BCUT2D eigenvalue weighted by Gasteiger charge is -2.20. The Morgan fingerprint density at radius 2 is 1.79 bits per heavy atom. The molecule has 2 aromatic carbocycles. The van der Waals surface area contributed by atoms with Gasteiger partial charge in [0.1, 0.15) is 12.2 Å². The summed E-state index contributed by atoms with van der Waals surface area (Å²) in [5.74, 6) is -0.292. The number of amides is 2. The third-order valence-corrected chi connectivity index (χ3v) is 4.10. The highest BCUT2D eigenvalue weighted by Gasteiger charge is 2.09. The molecule has 148 valence electrons. The number of anilines is 2.